The van der Waals surface area contributed by atoms with Crippen LogP contribution in [-0.2, 0) is 0 Å². The summed E-state index contributed by atoms with van der Waals surface area (Å²) >= 11 is 1.20. The molecule has 0 radical (unpaired) electrons. The number of aromatic nitrogens is 2. The predicted molar refractivity (Wildman–Crippen MR) is 139 cm³/mol. The van der Waals surface area contributed by atoms with E-state index in [1.807, 2.05) is 17.9 Å². The maximum absolute atomic E-state index is 13.6. The summed E-state index contributed by atoms with van der Waals surface area (Å²) in [4.78, 5) is 38.2. The summed E-state index contributed by atoms with van der Waals surface area (Å²) < 4.78 is 0. The zero-order chi connectivity index (χ0) is 25.3. The molecule has 0 spiro atoms. The van der Waals surface area contributed by atoms with Crippen LogP contribution in [0.5, 0.6) is 0 Å². The molecule has 1 saturated carbocycles. The Bertz CT molecular complexity index is 1090. The molecule has 1 aliphatic heterocycles. The molecule has 0 unspecified atom stereocenters. The number of aliphatic hydroxyl groups is 1. The number of nitrogens with zero attached hydrogens (tertiary/aromatic N) is 3. The standard InChI is InChI=1S/C26H37N5O3S/c1-15-12-20(29-17(3)18-9-10-18)27-13-19(15)22-21(25(33)31-11-7-6-8-16(31)2)30-24(35-22)23(32)28-14-26(4,5)34/h12-13,16-18,34H,6-11,14H2,1-5H3,(H,27,29)(H,28,32)/t16-,17-/m0/s1. The van der Waals surface area contributed by atoms with E-state index in [1.54, 1.807) is 20.0 Å². The van der Waals surface area contributed by atoms with E-state index in [-0.39, 0.29) is 23.5 Å². The Hall–Kier alpha value is -2.52. The molecule has 8 nitrogen and oxygen atoms in total. The van der Waals surface area contributed by atoms with Gasteiger partial charge >= 0.3 is 0 Å². The predicted octanol–water partition coefficient (Wildman–Crippen LogP) is 4.24. The second kappa shape index (κ2) is 10.2. The lowest BCUT2D eigenvalue weighted by Crippen LogP contribution is -2.42. The van der Waals surface area contributed by atoms with Crippen LogP contribution in [0.25, 0.3) is 10.4 Å². The summed E-state index contributed by atoms with van der Waals surface area (Å²) in [5.41, 5.74) is 1.03. The third-order valence-corrected chi connectivity index (χ3v) is 7.92. The van der Waals surface area contributed by atoms with Gasteiger partial charge in [-0.25, -0.2) is 9.97 Å². The van der Waals surface area contributed by atoms with Crippen LogP contribution < -0.4 is 10.6 Å². The Morgan fingerprint density at radius 1 is 1.29 bits per heavy atom. The fourth-order valence-electron chi connectivity index (χ4n) is 4.47. The Labute approximate surface area is 211 Å². The third kappa shape index (κ3) is 6.19. The maximum atomic E-state index is 13.6. The fourth-order valence-corrected chi connectivity index (χ4v) is 5.52. The van der Waals surface area contributed by atoms with Crippen molar-refractivity contribution in [2.45, 2.75) is 84.4 Å². The second-order valence-corrected chi connectivity index (χ2v) is 11.7. The van der Waals surface area contributed by atoms with Gasteiger partial charge in [0.25, 0.3) is 11.8 Å². The van der Waals surface area contributed by atoms with E-state index in [0.717, 1.165) is 36.2 Å². The van der Waals surface area contributed by atoms with Gasteiger partial charge in [0.1, 0.15) is 11.5 Å². The van der Waals surface area contributed by atoms with Crippen LogP contribution in [-0.4, -0.2) is 62.6 Å². The third-order valence-electron chi connectivity index (χ3n) is 6.83. The number of carbonyl (C=O) groups excluding carboxylic acids is 2. The molecule has 2 atom stereocenters. The quantitative estimate of drug-likeness (QED) is 0.502. The Balaban J connectivity index is 1.66. The van der Waals surface area contributed by atoms with Crippen LogP contribution >= 0.6 is 11.3 Å². The van der Waals surface area contributed by atoms with Crippen molar-refractivity contribution in [2.24, 2.45) is 5.92 Å². The Morgan fingerprint density at radius 2 is 2.03 bits per heavy atom. The maximum Gasteiger partial charge on any atom is 0.280 e. The molecule has 2 fully saturated rings. The highest BCUT2D eigenvalue weighted by molar-refractivity contribution is 7.17. The number of piperidine rings is 1. The molecule has 35 heavy (non-hydrogen) atoms. The SMILES string of the molecule is Cc1cc(N[C@@H](C)C2CC2)ncc1-c1sc(C(=O)NCC(C)(C)O)nc1C(=O)N1CCCC[C@@H]1C. The number of carbonyl (C=O) groups is 2. The Kier molecular flexibility index (Phi) is 7.47. The van der Waals surface area contributed by atoms with Gasteiger partial charge < -0.3 is 20.6 Å². The first-order valence-corrected chi connectivity index (χ1v) is 13.4. The highest BCUT2D eigenvalue weighted by Gasteiger charge is 2.31. The molecule has 2 aromatic rings. The van der Waals surface area contributed by atoms with Crippen molar-refractivity contribution in [3.8, 4) is 10.4 Å². The van der Waals surface area contributed by atoms with Gasteiger partial charge in [-0.15, -0.1) is 11.3 Å². The molecule has 1 aliphatic carbocycles. The first kappa shape index (κ1) is 25.6. The lowest BCUT2D eigenvalue weighted by Gasteiger charge is -2.33. The molecular formula is C26H37N5O3S. The van der Waals surface area contributed by atoms with Crippen LogP contribution in [0.4, 0.5) is 5.82 Å². The van der Waals surface area contributed by atoms with Crippen molar-refractivity contribution in [1.82, 2.24) is 20.2 Å². The van der Waals surface area contributed by atoms with E-state index in [1.165, 1.54) is 24.2 Å². The smallest absolute Gasteiger partial charge is 0.280 e. The number of anilines is 1. The first-order chi connectivity index (χ1) is 16.5. The molecule has 3 heterocycles. The average molecular weight is 500 g/mol. The van der Waals surface area contributed by atoms with Crippen molar-refractivity contribution in [1.29, 1.82) is 0 Å². The highest BCUT2D eigenvalue weighted by Crippen LogP contribution is 2.36. The number of aryl methyl sites for hydroxylation is 1. The summed E-state index contributed by atoms with van der Waals surface area (Å²) in [5.74, 6) is 0.982. The average Bonchev–Trinajstić information content (AvgIpc) is 3.56. The van der Waals surface area contributed by atoms with Gasteiger partial charge in [-0.3, -0.25) is 9.59 Å². The monoisotopic (exact) mass is 499 g/mol. The lowest BCUT2D eigenvalue weighted by atomic mass is 10.0. The highest BCUT2D eigenvalue weighted by atomic mass is 32.1. The number of pyridine rings is 1. The minimum absolute atomic E-state index is 0.0906. The zero-order valence-corrected chi connectivity index (χ0v) is 22.2. The number of nitrogens with one attached hydrogen (secondary N) is 2. The van der Waals surface area contributed by atoms with Gasteiger partial charge in [0.15, 0.2) is 5.01 Å². The van der Waals surface area contributed by atoms with E-state index >= 15 is 0 Å². The number of hydrogen-bond acceptors (Lipinski definition) is 7. The molecule has 2 aromatic heterocycles. The molecular weight excluding hydrogens is 462 g/mol. The van der Waals surface area contributed by atoms with Gasteiger partial charge in [0.2, 0.25) is 0 Å². The molecule has 0 aromatic carbocycles. The molecule has 190 valence electrons. The topological polar surface area (TPSA) is 107 Å². The molecule has 9 heteroatoms. The molecule has 4 rings (SSSR count). The van der Waals surface area contributed by atoms with Gasteiger partial charge in [0.05, 0.1) is 10.5 Å². The van der Waals surface area contributed by atoms with Crippen LogP contribution in [0.2, 0.25) is 0 Å². The van der Waals surface area contributed by atoms with Gasteiger partial charge in [-0.1, -0.05) is 0 Å². The van der Waals surface area contributed by atoms with E-state index < -0.39 is 11.5 Å². The largest absolute Gasteiger partial charge is 0.389 e. The first-order valence-electron chi connectivity index (χ1n) is 12.6. The number of hydrogen-bond donors (Lipinski definition) is 3. The van der Waals surface area contributed by atoms with Crippen LogP contribution in [0.1, 0.15) is 85.7 Å². The number of thiazole rings is 1. The molecule has 2 amide bonds. The van der Waals surface area contributed by atoms with Gasteiger partial charge in [-0.05, 0) is 84.3 Å². The second-order valence-electron chi connectivity index (χ2n) is 10.7. The molecule has 0 bridgehead atoms. The normalized spacial score (nSPS) is 19.4. The summed E-state index contributed by atoms with van der Waals surface area (Å²) in [7, 11) is 0. The van der Waals surface area contributed by atoms with Crippen molar-refractivity contribution in [3.63, 3.8) is 0 Å². The van der Waals surface area contributed by atoms with Crippen molar-refractivity contribution in [2.75, 3.05) is 18.4 Å². The van der Waals surface area contributed by atoms with Crippen molar-refractivity contribution in [3.05, 3.63) is 28.5 Å². The van der Waals surface area contributed by atoms with Gasteiger partial charge in [0, 0.05) is 36.9 Å². The van der Waals surface area contributed by atoms with Crippen LogP contribution in [0.15, 0.2) is 12.3 Å². The summed E-state index contributed by atoms with van der Waals surface area (Å²) in [6, 6.07) is 2.51. The van der Waals surface area contributed by atoms with Crippen LogP contribution in [0.3, 0.4) is 0 Å². The van der Waals surface area contributed by atoms with E-state index in [2.05, 4.69) is 34.4 Å². The lowest BCUT2D eigenvalue weighted by molar-refractivity contribution is 0.0630. The summed E-state index contributed by atoms with van der Waals surface area (Å²) in [6.07, 6.45) is 7.32. The summed E-state index contributed by atoms with van der Waals surface area (Å²) in [5, 5.41) is 16.4. The van der Waals surface area contributed by atoms with E-state index in [4.69, 9.17) is 0 Å². The molecule has 2 aliphatic rings. The molecule has 1 saturated heterocycles. The minimum Gasteiger partial charge on any atom is -0.389 e. The van der Waals surface area contributed by atoms with Gasteiger partial charge in [-0.2, -0.15) is 0 Å². The number of amides is 2. The van der Waals surface area contributed by atoms with Crippen molar-refractivity contribution >= 4 is 29.0 Å². The fraction of sp³-hybridized carbons (Fsp3) is 0.615. The molecule has 3 N–H and O–H groups in total. The van der Waals surface area contributed by atoms with E-state index in [9.17, 15) is 14.7 Å². The van der Waals surface area contributed by atoms with Crippen molar-refractivity contribution < 1.29 is 14.7 Å². The number of likely N-dealkylation sites (tertiary alicyclic amines) is 1. The summed E-state index contributed by atoms with van der Waals surface area (Å²) in [6.45, 7) is 10.3. The minimum atomic E-state index is -1.04. The Morgan fingerprint density at radius 3 is 2.66 bits per heavy atom. The zero-order valence-electron chi connectivity index (χ0n) is 21.4. The van der Waals surface area contributed by atoms with Crippen LogP contribution in [0, 0.1) is 12.8 Å². The van der Waals surface area contributed by atoms with E-state index in [0.29, 0.717) is 29.1 Å². The number of rotatable bonds is 8.